The van der Waals surface area contributed by atoms with E-state index >= 15 is 0 Å². The standard InChI is InChI=1S/C19H24F3N5O2/c1-24-11-15(26-18(28)16-13(21)3-2-4-14(16)22)17(23)19(29)25-12-5-8-27(9-6-12)10-7-20/h2-4,11-12H,5-10,23H2,1H3,(H,25,29)(H,26,28). The fourth-order valence-electron chi connectivity index (χ4n) is 3.00. The van der Waals surface area contributed by atoms with Gasteiger partial charge in [0.15, 0.2) is 0 Å². The fourth-order valence-corrected chi connectivity index (χ4v) is 3.00. The summed E-state index contributed by atoms with van der Waals surface area (Å²) in [6.07, 6.45) is 2.38. The van der Waals surface area contributed by atoms with Crippen molar-refractivity contribution < 1.29 is 22.8 Å². The second-order valence-electron chi connectivity index (χ2n) is 6.54. The van der Waals surface area contributed by atoms with Crippen molar-refractivity contribution in [1.82, 2.24) is 15.5 Å². The molecule has 1 aromatic carbocycles. The van der Waals surface area contributed by atoms with E-state index in [4.69, 9.17) is 5.73 Å². The molecule has 1 aromatic rings. The summed E-state index contributed by atoms with van der Waals surface area (Å²) in [6, 6.07) is 2.87. The minimum absolute atomic E-state index is 0.156. The van der Waals surface area contributed by atoms with Crippen LogP contribution in [0.4, 0.5) is 13.2 Å². The largest absolute Gasteiger partial charge is 0.393 e. The predicted octanol–water partition coefficient (Wildman–Crippen LogP) is 1.12. The molecule has 2 amide bonds. The minimum Gasteiger partial charge on any atom is -0.393 e. The van der Waals surface area contributed by atoms with Crippen LogP contribution in [0.2, 0.25) is 0 Å². The zero-order chi connectivity index (χ0) is 21.4. The molecule has 158 valence electrons. The molecule has 0 bridgehead atoms. The number of nitrogens with one attached hydrogen (secondary N) is 2. The van der Waals surface area contributed by atoms with Gasteiger partial charge >= 0.3 is 0 Å². The lowest BCUT2D eigenvalue weighted by atomic mass is 10.0. The summed E-state index contributed by atoms with van der Waals surface area (Å²) < 4.78 is 40.0. The van der Waals surface area contributed by atoms with Crippen LogP contribution in [0, 0.1) is 11.6 Å². The highest BCUT2D eigenvalue weighted by atomic mass is 19.1. The second-order valence-corrected chi connectivity index (χ2v) is 6.54. The average molecular weight is 411 g/mol. The third kappa shape index (κ3) is 6.05. The van der Waals surface area contributed by atoms with E-state index in [1.54, 1.807) is 0 Å². The van der Waals surface area contributed by atoms with Crippen molar-refractivity contribution in [2.24, 2.45) is 10.7 Å². The highest BCUT2D eigenvalue weighted by Gasteiger charge is 2.23. The number of piperidine rings is 1. The van der Waals surface area contributed by atoms with Crippen molar-refractivity contribution in [3.8, 4) is 0 Å². The number of alkyl halides is 1. The van der Waals surface area contributed by atoms with E-state index in [1.165, 1.54) is 7.05 Å². The van der Waals surface area contributed by atoms with E-state index < -0.39 is 35.7 Å². The van der Waals surface area contributed by atoms with Gasteiger partial charge in [-0.3, -0.25) is 14.6 Å². The molecule has 0 spiro atoms. The number of amides is 2. The van der Waals surface area contributed by atoms with Gasteiger partial charge in [0.1, 0.15) is 29.6 Å². The van der Waals surface area contributed by atoms with Crippen LogP contribution in [0.5, 0.6) is 0 Å². The molecule has 1 fully saturated rings. The third-order valence-corrected chi connectivity index (χ3v) is 4.55. The smallest absolute Gasteiger partial charge is 0.269 e. The van der Waals surface area contributed by atoms with Gasteiger partial charge in [0.2, 0.25) is 0 Å². The first kappa shape index (κ1) is 22.4. The number of rotatable bonds is 7. The number of carbonyl (C=O) groups excluding carboxylic acids is 2. The van der Waals surface area contributed by atoms with Crippen LogP contribution in [0.15, 0.2) is 34.6 Å². The fraction of sp³-hybridized carbons (Fsp3) is 0.421. The molecule has 0 aromatic heterocycles. The van der Waals surface area contributed by atoms with Gasteiger partial charge in [-0.1, -0.05) is 6.07 Å². The van der Waals surface area contributed by atoms with E-state index in [0.29, 0.717) is 32.5 Å². The number of hydrogen-bond donors (Lipinski definition) is 3. The van der Waals surface area contributed by atoms with E-state index in [1.807, 2.05) is 4.90 Å². The van der Waals surface area contributed by atoms with Gasteiger partial charge in [-0.05, 0) is 25.0 Å². The average Bonchev–Trinajstić information content (AvgIpc) is 2.68. The molecule has 0 aliphatic carbocycles. The summed E-state index contributed by atoms with van der Waals surface area (Å²) in [4.78, 5) is 30.4. The number of benzene rings is 1. The highest BCUT2D eigenvalue weighted by Crippen LogP contribution is 2.13. The van der Waals surface area contributed by atoms with Crippen molar-refractivity contribution in [1.29, 1.82) is 0 Å². The molecule has 1 aliphatic rings. The van der Waals surface area contributed by atoms with Gasteiger partial charge in [0.25, 0.3) is 11.8 Å². The van der Waals surface area contributed by atoms with E-state index in [9.17, 15) is 22.8 Å². The highest BCUT2D eigenvalue weighted by molar-refractivity contribution is 6.04. The van der Waals surface area contributed by atoms with Crippen molar-refractivity contribution in [3.05, 3.63) is 46.8 Å². The first-order valence-corrected chi connectivity index (χ1v) is 9.13. The molecule has 0 saturated carbocycles. The maximum atomic E-state index is 13.8. The van der Waals surface area contributed by atoms with Crippen LogP contribution in [-0.2, 0) is 4.79 Å². The first-order valence-electron chi connectivity index (χ1n) is 9.13. The molecule has 0 radical (unpaired) electrons. The van der Waals surface area contributed by atoms with Crippen molar-refractivity contribution >= 4 is 18.0 Å². The molecule has 1 saturated heterocycles. The maximum Gasteiger partial charge on any atom is 0.269 e. The summed E-state index contributed by atoms with van der Waals surface area (Å²) in [5.74, 6) is -3.82. The lowest BCUT2D eigenvalue weighted by Crippen LogP contribution is -2.46. The Balaban J connectivity index is 2.09. The Morgan fingerprint density at radius 3 is 2.45 bits per heavy atom. The SMILES string of the molecule is CN=CC(NC(=O)c1c(F)cccc1F)=C(N)C(=O)NC1CCN(CCF)CC1. The Hall–Kier alpha value is -2.88. The molecule has 1 heterocycles. The van der Waals surface area contributed by atoms with Gasteiger partial charge in [0.05, 0.1) is 5.70 Å². The number of allylic oxidation sites excluding steroid dienone is 1. The number of hydrogen-bond acceptors (Lipinski definition) is 5. The molecule has 1 aliphatic heterocycles. The number of aliphatic imine (C=N–C) groups is 1. The lowest BCUT2D eigenvalue weighted by molar-refractivity contribution is -0.118. The number of nitrogens with zero attached hydrogens (tertiary/aromatic N) is 2. The van der Waals surface area contributed by atoms with Crippen molar-refractivity contribution in [3.63, 3.8) is 0 Å². The minimum atomic E-state index is -1.09. The number of halogens is 3. The van der Waals surface area contributed by atoms with E-state index in [0.717, 1.165) is 24.4 Å². The Morgan fingerprint density at radius 2 is 1.90 bits per heavy atom. The quantitative estimate of drug-likeness (QED) is 0.462. The van der Waals surface area contributed by atoms with Crippen LogP contribution in [0.1, 0.15) is 23.2 Å². The van der Waals surface area contributed by atoms with Crippen LogP contribution in [0.3, 0.4) is 0 Å². The summed E-state index contributed by atoms with van der Waals surface area (Å²) in [6.45, 7) is 1.23. The van der Waals surface area contributed by atoms with E-state index in [2.05, 4.69) is 15.6 Å². The molecule has 0 unspecified atom stereocenters. The molecule has 29 heavy (non-hydrogen) atoms. The zero-order valence-corrected chi connectivity index (χ0v) is 16.1. The van der Waals surface area contributed by atoms with Crippen molar-refractivity contribution in [2.75, 3.05) is 33.4 Å². The summed E-state index contributed by atoms with van der Waals surface area (Å²) in [5, 5.41) is 4.99. The zero-order valence-electron chi connectivity index (χ0n) is 16.1. The third-order valence-electron chi connectivity index (χ3n) is 4.55. The lowest BCUT2D eigenvalue weighted by Gasteiger charge is -2.31. The summed E-state index contributed by atoms with van der Waals surface area (Å²) in [5.41, 5.74) is 4.55. The maximum absolute atomic E-state index is 13.8. The summed E-state index contributed by atoms with van der Waals surface area (Å²) in [7, 11) is 1.39. The number of carbonyl (C=O) groups is 2. The van der Waals surface area contributed by atoms with Gasteiger partial charge in [0, 0.05) is 38.9 Å². The molecular formula is C19H24F3N5O2. The molecule has 0 atom stereocenters. The predicted molar refractivity (Wildman–Crippen MR) is 103 cm³/mol. The topological polar surface area (TPSA) is 99.8 Å². The molecule has 4 N–H and O–H groups in total. The molecule has 2 rings (SSSR count). The van der Waals surface area contributed by atoms with Gasteiger partial charge in [-0.25, -0.2) is 13.2 Å². The van der Waals surface area contributed by atoms with E-state index in [-0.39, 0.29) is 17.4 Å². The monoisotopic (exact) mass is 411 g/mol. The van der Waals surface area contributed by atoms with Gasteiger partial charge in [-0.2, -0.15) is 0 Å². The summed E-state index contributed by atoms with van der Waals surface area (Å²) >= 11 is 0. The Morgan fingerprint density at radius 1 is 1.28 bits per heavy atom. The van der Waals surface area contributed by atoms with Gasteiger partial charge in [-0.15, -0.1) is 0 Å². The molecular weight excluding hydrogens is 387 g/mol. The first-order chi connectivity index (χ1) is 13.9. The van der Waals surface area contributed by atoms with Crippen LogP contribution >= 0.6 is 0 Å². The van der Waals surface area contributed by atoms with Crippen LogP contribution < -0.4 is 16.4 Å². The van der Waals surface area contributed by atoms with Crippen LogP contribution in [0.25, 0.3) is 0 Å². The van der Waals surface area contributed by atoms with Crippen molar-refractivity contribution in [2.45, 2.75) is 18.9 Å². The Labute approximate surface area is 166 Å². The Bertz CT molecular complexity index is 785. The number of nitrogens with two attached hydrogens (primary N) is 1. The normalized spacial score (nSPS) is 16.6. The number of likely N-dealkylation sites (tertiary alicyclic amines) is 1. The van der Waals surface area contributed by atoms with Crippen LogP contribution in [-0.4, -0.2) is 62.3 Å². The van der Waals surface area contributed by atoms with Gasteiger partial charge < -0.3 is 21.3 Å². The second kappa shape index (κ2) is 10.6. The Kier molecular flexibility index (Phi) is 8.20. The molecule has 10 heteroatoms. The molecule has 7 nitrogen and oxygen atoms in total.